The fraction of sp³-hybridized carbons (Fsp3) is 0.810. The molecular weight excluding hydrogens is 380 g/mol. The average Bonchev–Trinajstić information content (AvgIpc) is 3.01. The quantitative estimate of drug-likeness (QED) is 0.378. The molecule has 0 heterocycles. The number of ketones is 1. The van der Waals surface area contributed by atoms with Crippen LogP contribution in [0.4, 0.5) is 4.79 Å². The van der Waals surface area contributed by atoms with Crippen LogP contribution in [-0.4, -0.2) is 35.4 Å². The Bertz CT molecular complexity index is 696. The minimum Gasteiger partial charge on any atom is -0.444 e. The van der Waals surface area contributed by atoms with Crippen LogP contribution in [-0.2, 0) is 9.53 Å². The lowest BCUT2D eigenvalue weighted by atomic mass is 9.52. The van der Waals surface area contributed by atoms with E-state index in [2.05, 4.69) is 12.2 Å². The molecule has 3 saturated carbocycles. The minimum atomic E-state index is -0.677. The van der Waals surface area contributed by atoms with Crippen molar-refractivity contribution in [2.75, 3.05) is 12.4 Å². The Morgan fingerprint density at radius 1 is 1.25 bits per heavy atom. The van der Waals surface area contributed by atoms with Crippen LogP contribution >= 0.6 is 11.6 Å². The van der Waals surface area contributed by atoms with Gasteiger partial charge in [-0.15, -0.1) is 16.5 Å². The Kier molecular flexibility index (Phi) is 5.51. The van der Waals surface area contributed by atoms with Crippen molar-refractivity contribution in [3.63, 3.8) is 0 Å². The molecule has 6 nitrogen and oxygen atoms in total. The lowest BCUT2D eigenvalue weighted by Gasteiger charge is -2.53. The summed E-state index contributed by atoms with van der Waals surface area (Å²) in [4.78, 5) is 35.1. The summed E-state index contributed by atoms with van der Waals surface area (Å²) in [6.45, 7) is 2.33. The second-order valence-electron chi connectivity index (χ2n) is 9.19. The first-order valence-corrected chi connectivity index (χ1v) is 11.1. The number of ether oxygens (including phenoxy) is 1. The van der Waals surface area contributed by atoms with Crippen LogP contribution in [0.15, 0.2) is 16.9 Å². The van der Waals surface area contributed by atoms with Gasteiger partial charge in [-0.1, -0.05) is 12.5 Å². The van der Waals surface area contributed by atoms with E-state index in [0.717, 1.165) is 50.0 Å². The summed E-state index contributed by atoms with van der Waals surface area (Å²) in [7, 11) is 0. The van der Waals surface area contributed by atoms with Crippen molar-refractivity contribution in [3.05, 3.63) is 16.6 Å². The Morgan fingerprint density at radius 2 is 2.07 bits per heavy atom. The Morgan fingerprint density at radius 3 is 2.82 bits per heavy atom. The molecule has 0 aromatic heterocycles. The summed E-state index contributed by atoms with van der Waals surface area (Å²) >= 11 is 5.64. The Balaban J connectivity index is 1.48. The Labute approximate surface area is 170 Å². The van der Waals surface area contributed by atoms with Crippen molar-refractivity contribution in [2.45, 2.75) is 64.4 Å². The van der Waals surface area contributed by atoms with E-state index in [1.165, 1.54) is 5.57 Å². The molecule has 4 aliphatic rings. The van der Waals surface area contributed by atoms with E-state index in [1.807, 2.05) is 6.08 Å². The first kappa shape index (κ1) is 19.9. The molecule has 1 amide bonds. The van der Waals surface area contributed by atoms with E-state index in [9.17, 15) is 14.5 Å². The van der Waals surface area contributed by atoms with Gasteiger partial charge in [0, 0.05) is 17.7 Å². The van der Waals surface area contributed by atoms with Crippen LogP contribution in [0.2, 0.25) is 0 Å². The highest BCUT2D eigenvalue weighted by molar-refractivity contribution is 6.18. The smallest absolute Gasteiger partial charge is 0.433 e. The van der Waals surface area contributed by atoms with E-state index in [0.29, 0.717) is 35.9 Å². The maximum atomic E-state index is 12.4. The maximum absolute atomic E-state index is 12.4. The van der Waals surface area contributed by atoms with Gasteiger partial charge in [0.25, 0.3) is 0 Å². The van der Waals surface area contributed by atoms with Crippen molar-refractivity contribution < 1.29 is 14.3 Å². The highest BCUT2D eigenvalue weighted by Crippen LogP contribution is 2.62. The molecule has 0 aromatic carbocycles. The van der Waals surface area contributed by atoms with Gasteiger partial charge in [-0.25, -0.2) is 4.79 Å². The third-order valence-electron chi connectivity index (χ3n) is 8.06. The van der Waals surface area contributed by atoms with Gasteiger partial charge in [0.2, 0.25) is 0 Å². The largest absolute Gasteiger partial charge is 0.444 e. The van der Waals surface area contributed by atoms with E-state index in [4.69, 9.17) is 16.3 Å². The predicted octanol–water partition coefficient (Wildman–Crippen LogP) is 4.86. The molecule has 0 aromatic rings. The highest BCUT2D eigenvalue weighted by Gasteiger charge is 2.57. The van der Waals surface area contributed by atoms with Crippen LogP contribution in [0.3, 0.4) is 0 Å². The molecule has 0 radical (unpaired) electrons. The summed E-state index contributed by atoms with van der Waals surface area (Å²) < 4.78 is 5.77. The molecule has 0 spiro atoms. The number of halogens is 1. The van der Waals surface area contributed by atoms with Gasteiger partial charge in [-0.3, -0.25) is 4.79 Å². The Hall–Kier alpha value is -1.43. The molecule has 7 heteroatoms. The van der Waals surface area contributed by atoms with Crippen molar-refractivity contribution in [2.24, 2.45) is 34.4 Å². The minimum absolute atomic E-state index is 0.0436. The molecule has 28 heavy (non-hydrogen) atoms. The molecule has 0 saturated heterocycles. The van der Waals surface area contributed by atoms with Crippen molar-refractivity contribution in [3.8, 4) is 0 Å². The van der Waals surface area contributed by atoms with Crippen molar-refractivity contribution >= 4 is 23.5 Å². The monoisotopic (exact) mass is 408 g/mol. The number of carbonyl (C=O) groups excluding carboxylic acids is 2. The normalized spacial score (nSPS) is 39.3. The summed E-state index contributed by atoms with van der Waals surface area (Å²) in [5.74, 6) is 2.85. The summed E-state index contributed by atoms with van der Waals surface area (Å²) in [6.07, 6.45) is 9.00. The average molecular weight is 409 g/mol. The molecule has 6 atom stereocenters. The van der Waals surface area contributed by atoms with Crippen LogP contribution in [0, 0.1) is 34.0 Å². The first-order chi connectivity index (χ1) is 13.5. The number of amides is 1. The van der Waals surface area contributed by atoms with E-state index < -0.39 is 6.09 Å². The molecule has 0 unspecified atom stereocenters. The number of hydrogen-bond acceptors (Lipinski definition) is 5. The number of fused-ring (bicyclic) bond motifs is 5. The van der Waals surface area contributed by atoms with Crippen LogP contribution in [0.5, 0.6) is 0 Å². The fourth-order valence-electron chi connectivity index (χ4n) is 6.75. The fourth-order valence-corrected chi connectivity index (χ4v) is 6.91. The van der Waals surface area contributed by atoms with Gasteiger partial charge in [-0.05, 0) is 74.7 Å². The number of nitrogens with zero attached hydrogens (tertiary/aromatic N) is 2. The van der Waals surface area contributed by atoms with Crippen LogP contribution < -0.4 is 0 Å². The molecule has 3 fully saturated rings. The van der Waals surface area contributed by atoms with Crippen molar-refractivity contribution in [1.82, 2.24) is 5.01 Å². The van der Waals surface area contributed by atoms with Crippen molar-refractivity contribution in [1.29, 1.82) is 0 Å². The van der Waals surface area contributed by atoms with Gasteiger partial charge < -0.3 is 4.74 Å². The number of alkyl halides is 1. The SMILES string of the molecule is C[C@]12CC[C@H]3[C@H](CCC4=CC(=O)CC[C@H]43)[C@H]1CC[C@H]2OC(=O)N(CCCl)N=O. The summed E-state index contributed by atoms with van der Waals surface area (Å²) in [5.41, 5.74) is 1.34. The van der Waals surface area contributed by atoms with Gasteiger partial charge in [0.1, 0.15) is 6.10 Å². The molecule has 0 N–H and O–H groups in total. The number of hydrogen-bond donors (Lipinski definition) is 0. The lowest BCUT2D eigenvalue weighted by Crippen LogP contribution is -2.49. The zero-order chi connectivity index (χ0) is 19.9. The molecule has 154 valence electrons. The first-order valence-electron chi connectivity index (χ1n) is 10.6. The molecule has 0 bridgehead atoms. The lowest BCUT2D eigenvalue weighted by molar-refractivity contribution is -0.116. The van der Waals surface area contributed by atoms with E-state index in [-0.39, 0.29) is 23.9 Å². The standard InChI is InChI=1S/C21H29ClN2O4/c1-21-9-8-16-15-5-3-14(25)12-13(15)2-4-17(16)18(21)6-7-19(21)28-20(26)24(23-27)11-10-22/h12,15-19H,2-11H2,1H3/t15-,16-,17+,18-,19-,21+/m1/s1. The van der Waals surface area contributed by atoms with Gasteiger partial charge in [-0.2, -0.15) is 5.01 Å². The maximum Gasteiger partial charge on any atom is 0.433 e. The van der Waals surface area contributed by atoms with Crippen LogP contribution in [0.25, 0.3) is 0 Å². The second-order valence-corrected chi connectivity index (χ2v) is 9.57. The van der Waals surface area contributed by atoms with E-state index in [1.54, 1.807) is 0 Å². The number of rotatable bonds is 4. The van der Waals surface area contributed by atoms with Gasteiger partial charge in [0.05, 0.1) is 11.8 Å². The third kappa shape index (κ3) is 3.27. The van der Waals surface area contributed by atoms with Gasteiger partial charge in [0.15, 0.2) is 5.78 Å². The zero-order valence-electron chi connectivity index (χ0n) is 16.4. The van der Waals surface area contributed by atoms with Crippen LogP contribution in [0.1, 0.15) is 58.3 Å². The summed E-state index contributed by atoms with van der Waals surface area (Å²) in [6, 6.07) is 0. The van der Waals surface area contributed by atoms with E-state index >= 15 is 0 Å². The molecule has 4 rings (SSSR count). The molecule has 4 aliphatic carbocycles. The zero-order valence-corrected chi connectivity index (χ0v) is 17.2. The van der Waals surface area contributed by atoms with Gasteiger partial charge >= 0.3 is 6.09 Å². The number of allylic oxidation sites excluding steroid dienone is 1. The summed E-state index contributed by atoms with van der Waals surface area (Å²) in [5, 5.41) is 3.54. The predicted molar refractivity (Wildman–Crippen MR) is 106 cm³/mol. The second kappa shape index (κ2) is 7.77. The number of carbonyl (C=O) groups is 2. The molecular formula is C21H29ClN2O4. The number of nitroso groups, excluding NO2 is 1. The highest BCUT2D eigenvalue weighted by atomic mass is 35.5. The molecule has 0 aliphatic heterocycles. The topological polar surface area (TPSA) is 76.0 Å². The third-order valence-corrected chi connectivity index (χ3v) is 8.23.